The summed E-state index contributed by atoms with van der Waals surface area (Å²) >= 11 is 0. The van der Waals surface area contributed by atoms with Gasteiger partial charge in [0.25, 0.3) is 0 Å². The molecule has 1 amide bonds. The van der Waals surface area contributed by atoms with Gasteiger partial charge >= 0.3 is 0 Å². The predicted molar refractivity (Wildman–Crippen MR) is 77.8 cm³/mol. The van der Waals surface area contributed by atoms with Crippen LogP contribution >= 0.6 is 0 Å². The fourth-order valence-corrected chi connectivity index (χ4v) is 2.15. The van der Waals surface area contributed by atoms with Crippen LogP contribution in [0.2, 0.25) is 0 Å². The molecule has 0 aromatic rings. The van der Waals surface area contributed by atoms with Gasteiger partial charge in [-0.25, -0.2) is 4.99 Å². The maximum absolute atomic E-state index is 11.8. The average Bonchev–Trinajstić information content (AvgIpc) is 2.43. The quantitative estimate of drug-likeness (QED) is 0.387. The van der Waals surface area contributed by atoms with Crippen molar-refractivity contribution in [1.29, 1.82) is 0 Å². The standard InChI is InChI=1S/C14H24N4O/c1-3-10-16-14(15-4-2)17-11-13(19)18-12-8-6-5-7-9-12/h1,12H,4-11H2,2H3,(H,18,19)(H2,15,16,17). The van der Waals surface area contributed by atoms with Gasteiger partial charge in [0.2, 0.25) is 5.91 Å². The minimum atomic E-state index is -0.0233. The normalized spacial score (nSPS) is 16.5. The molecule has 0 aromatic heterocycles. The van der Waals surface area contributed by atoms with Crippen LogP contribution in [0, 0.1) is 12.3 Å². The second kappa shape index (κ2) is 9.26. The van der Waals surface area contributed by atoms with Crippen LogP contribution < -0.4 is 16.0 Å². The van der Waals surface area contributed by atoms with E-state index in [1.807, 2.05) is 6.92 Å². The van der Waals surface area contributed by atoms with E-state index in [1.54, 1.807) is 0 Å². The Morgan fingerprint density at radius 1 is 1.32 bits per heavy atom. The Hall–Kier alpha value is -1.70. The van der Waals surface area contributed by atoms with Crippen LogP contribution in [0.3, 0.4) is 0 Å². The van der Waals surface area contributed by atoms with Crippen LogP contribution in [-0.2, 0) is 4.79 Å². The molecule has 1 aliphatic rings. The maximum atomic E-state index is 11.8. The van der Waals surface area contributed by atoms with Crippen LogP contribution in [0.1, 0.15) is 39.0 Å². The zero-order valence-corrected chi connectivity index (χ0v) is 11.7. The summed E-state index contributed by atoms with van der Waals surface area (Å²) in [4.78, 5) is 16.0. The van der Waals surface area contributed by atoms with Gasteiger partial charge in [-0.2, -0.15) is 0 Å². The summed E-state index contributed by atoms with van der Waals surface area (Å²) in [6, 6.07) is 0.331. The van der Waals surface area contributed by atoms with Crippen molar-refractivity contribution in [1.82, 2.24) is 16.0 Å². The highest BCUT2D eigenvalue weighted by Gasteiger charge is 2.15. The van der Waals surface area contributed by atoms with Crippen molar-refractivity contribution < 1.29 is 4.79 Å². The van der Waals surface area contributed by atoms with Gasteiger partial charge in [0, 0.05) is 12.6 Å². The monoisotopic (exact) mass is 264 g/mol. The fourth-order valence-electron chi connectivity index (χ4n) is 2.15. The SMILES string of the molecule is C#CCNC(=NCC(=O)NC1CCCCC1)NCC. The number of hydrogen-bond donors (Lipinski definition) is 3. The van der Waals surface area contributed by atoms with Gasteiger partial charge in [-0.05, 0) is 19.8 Å². The lowest BCUT2D eigenvalue weighted by Crippen LogP contribution is -2.40. The second-order valence-electron chi connectivity index (χ2n) is 4.66. The Labute approximate surface area is 115 Å². The third-order valence-electron chi connectivity index (χ3n) is 3.05. The van der Waals surface area contributed by atoms with E-state index in [-0.39, 0.29) is 12.5 Å². The van der Waals surface area contributed by atoms with Crippen LogP contribution in [0.5, 0.6) is 0 Å². The van der Waals surface area contributed by atoms with Crippen molar-refractivity contribution in [3.63, 3.8) is 0 Å². The summed E-state index contributed by atoms with van der Waals surface area (Å²) in [5, 5.41) is 9.02. The molecule has 106 valence electrons. The van der Waals surface area contributed by atoms with E-state index in [2.05, 4.69) is 26.9 Å². The van der Waals surface area contributed by atoms with Gasteiger partial charge in [-0.3, -0.25) is 4.79 Å². The number of carbonyl (C=O) groups is 1. The molecule has 0 atom stereocenters. The first kappa shape index (κ1) is 15.4. The Balaban J connectivity index is 2.33. The third kappa shape index (κ3) is 6.70. The number of hydrogen-bond acceptors (Lipinski definition) is 2. The lowest BCUT2D eigenvalue weighted by molar-refractivity contribution is -0.120. The van der Waals surface area contributed by atoms with Crippen molar-refractivity contribution in [2.75, 3.05) is 19.6 Å². The molecule has 0 saturated heterocycles. The molecule has 5 heteroatoms. The molecule has 5 nitrogen and oxygen atoms in total. The molecule has 3 N–H and O–H groups in total. The molecule has 19 heavy (non-hydrogen) atoms. The van der Waals surface area contributed by atoms with Crippen molar-refractivity contribution in [3.8, 4) is 12.3 Å². The lowest BCUT2D eigenvalue weighted by atomic mass is 9.95. The molecule has 0 unspecified atom stereocenters. The van der Waals surface area contributed by atoms with Crippen LogP contribution in [-0.4, -0.2) is 37.5 Å². The highest BCUT2D eigenvalue weighted by Crippen LogP contribution is 2.17. The predicted octanol–water partition coefficient (Wildman–Crippen LogP) is 0.624. The van der Waals surface area contributed by atoms with E-state index >= 15 is 0 Å². The molecule has 0 aromatic carbocycles. The Bertz CT molecular complexity index is 340. The van der Waals surface area contributed by atoms with Crippen molar-refractivity contribution in [2.24, 2.45) is 4.99 Å². The zero-order chi connectivity index (χ0) is 13.9. The Kier molecular flexibility index (Phi) is 7.48. The second-order valence-corrected chi connectivity index (χ2v) is 4.66. The first-order chi connectivity index (χ1) is 9.26. The van der Waals surface area contributed by atoms with Gasteiger partial charge in [0.15, 0.2) is 5.96 Å². The van der Waals surface area contributed by atoms with Crippen LogP contribution in [0.25, 0.3) is 0 Å². The number of rotatable bonds is 5. The van der Waals surface area contributed by atoms with E-state index in [0.717, 1.165) is 19.4 Å². The fraction of sp³-hybridized carbons (Fsp3) is 0.714. The summed E-state index contributed by atoms with van der Waals surface area (Å²) in [5.74, 6) is 3.04. The van der Waals surface area contributed by atoms with E-state index in [0.29, 0.717) is 18.5 Å². The molecule has 0 radical (unpaired) electrons. The smallest absolute Gasteiger partial charge is 0.242 e. The van der Waals surface area contributed by atoms with Crippen LogP contribution in [0.4, 0.5) is 0 Å². The van der Waals surface area contributed by atoms with Gasteiger partial charge in [0.1, 0.15) is 6.54 Å². The van der Waals surface area contributed by atoms with E-state index in [9.17, 15) is 4.79 Å². The zero-order valence-electron chi connectivity index (χ0n) is 11.7. The minimum Gasteiger partial charge on any atom is -0.357 e. The molecule has 1 rings (SSSR count). The van der Waals surface area contributed by atoms with Gasteiger partial charge in [-0.15, -0.1) is 6.42 Å². The van der Waals surface area contributed by atoms with Crippen molar-refractivity contribution >= 4 is 11.9 Å². The first-order valence-corrected chi connectivity index (χ1v) is 7.01. The molecule has 0 heterocycles. The topological polar surface area (TPSA) is 65.5 Å². The molecular formula is C14H24N4O. The molecule has 1 saturated carbocycles. The maximum Gasteiger partial charge on any atom is 0.242 e. The summed E-state index contributed by atoms with van der Waals surface area (Å²) in [5.41, 5.74) is 0. The number of nitrogens with zero attached hydrogens (tertiary/aromatic N) is 1. The number of nitrogens with one attached hydrogen (secondary N) is 3. The number of carbonyl (C=O) groups excluding carboxylic acids is 1. The molecule has 0 spiro atoms. The molecule has 0 bridgehead atoms. The lowest BCUT2D eigenvalue weighted by Gasteiger charge is -2.22. The van der Waals surface area contributed by atoms with Crippen molar-refractivity contribution in [2.45, 2.75) is 45.1 Å². The largest absolute Gasteiger partial charge is 0.357 e. The number of guanidine groups is 1. The molecule has 1 fully saturated rings. The summed E-state index contributed by atoms with van der Waals surface area (Å²) in [6.45, 7) is 3.24. The van der Waals surface area contributed by atoms with E-state index in [4.69, 9.17) is 6.42 Å². The van der Waals surface area contributed by atoms with Crippen LogP contribution in [0.15, 0.2) is 4.99 Å². The van der Waals surface area contributed by atoms with Crippen molar-refractivity contribution in [3.05, 3.63) is 0 Å². The molecule has 1 aliphatic carbocycles. The highest BCUT2D eigenvalue weighted by molar-refractivity contribution is 5.85. The number of amides is 1. The van der Waals surface area contributed by atoms with Gasteiger partial charge in [-0.1, -0.05) is 25.2 Å². The summed E-state index contributed by atoms with van der Waals surface area (Å²) in [7, 11) is 0. The van der Waals surface area contributed by atoms with E-state index < -0.39 is 0 Å². The molecular weight excluding hydrogens is 240 g/mol. The third-order valence-corrected chi connectivity index (χ3v) is 3.05. The highest BCUT2D eigenvalue weighted by atomic mass is 16.1. The summed E-state index contributed by atoms with van der Waals surface area (Å²) < 4.78 is 0. The van der Waals surface area contributed by atoms with Gasteiger partial charge in [0.05, 0.1) is 6.54 Å². The summed E-state index contributed by atoms with van der Waals surface area (Å²) in [6.07, 6.45) is 11.1. The first-order valence-electron chi connectivity index (χ1n) is 7.01. The minimum absolute atomic E-state index is 0.0233. The Morgan fingerprint density at radius 3 is 2.68 bits per heavy atom. The van der Waals surface area contributed by atoms with Gasteiger partial charge < -0.3 is 16.0 Å². The number of terminal acetylenes is 1. The molecule has 0 aliphatic heterocycles. The average molecular weight is 264 g/mol. The van der Waals surface area contributed by atoms with E-state index in [1.165, 1.54) is 19.3 Å². The number of aliphatic imine (C=N–C) groups is 1. The Morgan fingerprint density at radius 2 is 2.05 bits per heavy atom.